The molecule has 3 N–H and O–H groups in total. The van der Waals surface area contributed by atoms with E-state index in [-0.39, 0.29) is 5.82 Å². The zero-order valence-electron chi connectivity index (χ0n) is 12.5. The Balaban J connectivity index is 2.54. The molecule has 0 saturated heterocycles. The summed E-state index contributed by atoms with van der Waals surface area (Å²) in [6.45, 7) is 4.96. The summed E-state index contributed by atoms with van der Waals surface area (Å²) in [5.74, 6) is -0.0146. The first-order valence-electron chi connectivity index (χ1n) is 6.59. The van der Waals surface area contributed by atoms with E-state index in [4.69, 9.17) is 10.5 Å². The van der Waals surface area contributed by atoms with Crippen molar-refractivity contribution in [3.05, 3.63) is 30.5 Å². The van der Waals surface area contributed by atoms with Gasteiger partial charge in [-0.25, -0.2) is 14.6 Å². The van der Waals surface area contributed by atoms with E-state index in [1.807, 2.05) is 0 Å². The van der Waals surface area contributed by atoms with Crippen molar-refractivity contribution >= 4 is 34.5 Å². The molecule has 0 aliphatic heterocycles. The van der Waals surface area contributed by atoms with Crippen LogP contribution in [0.1, 0.15) is 20.8 Å². The number of nitrogen functional groups attached to an aromatic ring is 1. The highest BCUT2D eigenvalue weighted by Crippen LogP contribution is 2.27. The van der Waals surface area contributed by atoms with E-state index < -0.39 is 17.8 Å². The first kappa shape index (κ1) is 15.6. The van der Waals surface area contributed by atoms with Crippen molar-refractivity contribution in [1.29, 1.82) is 0 Å². The molecular weight excluding hydrogens is 286 g/mol. The van der Waals surface area contributed by atoms with Gasteiger partial charge in [-0.2, -0.15) is 4.90 Å². The molecule has 2 rings (SSSR count). The third kappa shape index (κ3) is 3.25. The van der Waals surface area contributed by atoms with Crippen LogP contribution < -0.4 is 10.6 Å². The number of imide groups is 1. The van der Waals surface area contributed by atoms with Gasteiger partial charge in [0, 0.05) is 17.3 Å². The van der Waals surface area contributed by atoms with Crippen LogP contribution in [-0.2, 0) is 4.74 Å². The minimum Gasteiger partial charge on any atom is -0.464 e. The maximum Gasteiger partial charge on any atom is 0.425 e. The van der Waals surface area contributed by atoms with Crippen molar-refractivity contribution < 1.29 is 19.4 Å². The number of nitrogens with two attached hydrogens (primary N) is 1. The number of carbonyl (C=O) groups excluding carboxylic acids is 1. The van der Waals surface area contributed by atoms with E-state index in [0.717, 1.165) is 0 Å². The van der Waals surface area contributed by atoms with Crippen LogP contribution in [0.5, 0.6) is 0 Å². The molecular formula is C15H17N3O4. The van der Waals surface area contributed by atoms with Crippen LogP contribution in [0, 0.1) is 0 Å². The maximum absolute atomic E-state index is 12.2. The molecule has 2 amide bonds. The van der Waals surface area contributed by atoms with Crippen molar-refractivity contribution in [2.45, 2.75) is 26.4 Å². The Bertz CT molecular complexity index is 737. The smallest absolute Gasteiger partial charge is 0.425 e. The highest BCUT2D eigenvalue weighted by molar-refractivity contribution is 6.13. The molecule has 0 aliphatic rings. The first-order valence-corrected chi connectivity index (χ1v) is 6.59. The molecule has 0 unspecified atom stereocenters. The van der Waals surface area contributed by atoms with Crippen LogP contribution >= 0.6 is 0 Å². The Morgan fingerprint density at radius 3 is 2.55 bits per heavy atom. The predicted molar refractivity (Wildman–Crippen MR) is 82.9 cm³/mol. The summed E-state index contributed by atoms with van der Waals surface area (Å²) < 4.78 is 5.13. The molecule has 0 fully saturated rings. The normalized spacial score (nSPS) is 11.2. The first-order chi connectivity index (χ1) is 10.2. The summed E-state index contributed by atoms with van der Waals surface area (Å²) >= 11 is 0. The summed E-state index contributed by atoms with van der Waals surface area (Å²) in [6.07, 6.45) is -1.06. The van der Waals surface area contributed by atoms with Crippen molar-refractivity contribution in [1.82, 2.24) is 4.98 Å². The Morgan fingerprint density at radius 1 is 1.27 bits per heavy atom. The lowest BCUT2D eigenvalue weighted by Gasteiger charge is -2.24. The average molecular weight is 303 g/mol. The molecule has 0 aliphatic carbocycles. The van der Waals surface area contributed by atoms with Gasteiger partial charge in [-0.15, -0.1) is 0 Å². The molecule has 0 saturated carbocycles. The van der Waals surface area contributed by atoms with Crippen LogP contribution in [0.2, 0.25) is 0 Å². The number of benzene rings is 1. The molecule has 2 aromatic rings. The minimum absolute atomic E-state index is 0.0146. The van der Waals surface area contributed by atoms with Gasteiger partial charge < -0.3 is 15.6 Å². The zero-order valence-corrected chi connectivity index (χ0v) is 12.5. The fraction of sp³-hybridized carbons (Fsp3) is 0.267. The highest BCUT2D eigenvalue weighted by atomic mass is 16.6. The van der Waals surface area contributed by atoms with Gasteiger partial charge in [0.25, 0.3) is 0 Å². The number of hydrogen-bond donors (Lipinski definition) is 2. The number of carbonyl (C=O) groups is 2. The SMILES string of the molecule is CC(C)(C)OC(=O)N(C(=O)O)c1nccc2cc(N)ccc12. The van der Waals surface area contributed by atoms with Gasteiger partial charge in [0.1, 0.15) is 5.60 Å². The number of rotatable bonds is 1. The quantitative estimate of drug-likeness (QED) is 0.783. The maximum atomic E-state index is 12.2. The Morgan fingerprint density at radius 2 is 1.95 bits per heavy atom. The fourth-order valence-electron chi connectivity index (χ4n) is 1.92. The third-order valence-electron chi connectivity index (χ3n) is 2.75. The molecule has 22 heavy (non-hydrogen) atoms. The molecule has 0 bridgehead atoms. The molecule has 1 aromatic heterocycles. The summed E-state index contributed by atoms with van der Waals surface area (Å²) in [6, 6.07) is 6.59. The van der Waals surface area contributed by atoms with Gasteiger partial charge in [-0.05, 0) is 50.4 Å². The molecule has 0 radical (unpaired) electrons. The standard InChI is InChI=1S/C15H17N3O4/c1-15(2,3)22-14(21)18(13(19)20)12-11-5-4-10(16)8-9(11)6-7-17-12/h4-8H,16H2,1-3H3,(H,19,20). The molecule has 1 aromatic carbocycles. The largest absolute Gasteiger partial charge is 0.464 e. The molecule has 1 heterocycles. The number of aromatic nitrogens is 1. The summed E-state index contributed by atoms with van der Waals surface area (Å²) in [4.78, 5) is 28.2. The Labute approximate surface area is 127 Å². The van der Waals surface area contributed by atoms with Crippen LogP contribution in [-0.4, -0.2) is 27.9 Å². The van der Waals surface area contributed by atoms with E-state index in [0.29, 0.717) is 21.4 Å². The summed E-state index contributed by atoms with van der Waals surface area (Å²) in [5, 5.41) is 10.5. The molecule has 0 spiro atoms. The van der Waals surface area contributed by atoms with Crippen LogP contribution in [0.25, 0.3) is 10.8 Å². The summed E-state index contributed by atoms with van der Waals surface area (Å²) in [7, 11) is 0. The summed E-state index contributed by atoms with van der Waals surface area (Å²) in [5.41, 5.74) is 5.42. The Kier molecular flexibility index (Phi) is 3.90. The van der Waals surface area contributed by atoms with Gasteiger partial charge >= 0.3 is 12.2 Å². The van der Waals surface area contributed by atoms with E-state index >= 15 is 0 Å². The highest BCUT2D eigenvalue weighted by Gasteiger charge is 2.30. The minimum atomic E-state index is -1.47. The number of amides is 2. The van der Waals surface area contributed by atoms with E-state index in [1.165, 1.54) is 6.20 Å². The van der Waals surface area contributed by atoms with Crippen molar-refractivity contribution in [3.63, 3.8) is 0 Å². The van der Waals surface area contributed by atoms with E-state index in [1.54, 1.807) is 45.0 Å². The monoisotopic (exact) mass is 303 g/mol. The lowest BCUT2D eigenvalue weighted by Crippen LogP contribution is -2.40. The van der Waals surface area contributed by atoms with E-state index in [9.17, 15) is 14.7 Å². The van der Waals surface area contributed by atoms with Crippen LogP contribution in [0.3, 0.4) is 0 Å². The van der Waals surface area contributed by atoms with Gasteiger partial charge in [-0.1, -0.05) is 0 Å². The number of fused-ring (bicyclic) bond motifs is 1. The van der Waals surface area contributed by atoms with E-state index in [2.05, 4.69) is 4.98 Å². The topological polar surface area (TPSA) is 106 Å². The van der Waals surface area contributed by atoms with Gasteiger partial charge in [0.05, 0.1) is 0 Å². The number of pyridine rings is 1. The van der Waals surface area contributed by atoms with Crippen molar-refractivity contribution in [3.8, 4) is 0 Å². The average Bonchev–Trinajstić information content (AvgIpc) is 2.36. The second-order valence-electron chi connectivity index (χ2n) is 5.71. The molecule has 7 heteroatoms. The van der Waals surface area contributed by atoms with Gasteiger partial charge in [0.15, 0.2) is 5.82 Å². The van der Waals surface area contributed by atoms with Crippen molar-refractivity contribution in [2.24, 2.45) is 0 Å². The molecule has 7 nitrogen and oxygen atoms in total. The second kappa shape index (κ2) is 5.51. The number of carboxylic acid groups (broad SMARTS) is 1. The van der Waals surface area contributed by atoms with Crippen molar-refractivity contribution in [2.75, 3.05) is 10.6 Å². The number of ether oxygens (including phenoxy) is 1. The second-order valence-corrected chi connectivity index (χ2v) is 5.71. The molecule has 116 valence electrons. The molecule has 0 atom stereocenters. The lowest BCUT2D eigenvalue weighted by molar-refractivity contribution is 0.0581. The van der Waals surface area contributed by atoms with Crippen LogP contribution in [0.15, 0.2) is 30.5 Å². The number of hydrogen-bond acceptors (Lipinski definition) is 5. The van der Waals surface area contributed by atoms with Crippen LogP contribution in [0.4, 0.5) is 21.1 Å². The third-order valence-corrected chi connectivity index (χ3v) is 2.75. The Hall–Kier alpha value is -2.83. The van der Waals surface area contributed by atoms with Gasteiger partial charge in [0.2, 0.25) is 0 Å². The lowest BCUT2D eigenvalue weighted by atomic mass is 10.1. The zero-order chi connectivity index (χ0) is 16.5. The predicted octanol–water partition coefficient (Wildman–Crippen LogP) is 3.24. The fourth-order valence-corrected chi connectivity index (χ4v) is 1.92. The van der Waals surface area contributed by atoms with Gasteiger partial charge in [-0.3, -0.25) is 0 Å². The number of anilines is 2. The number of nitrogens with zero attached hydrogens (tertiary/aromatic N) is 2.